The van der Waals surface area contributed by atoms with Gasteiger partial charge in [-0.05, 0) is 54.1 Å². The summed E-state index contributed by atoms with van der Waals surface area (Å²) in [5, 5.41) is 9.66. The van der Waals surface area contributed by atoms with E-state index in [0.717, 1.165) is 24.0 Å². The average molecular weight is 296 g/mol. The van der Waals surface area contributed by atoms with Crippen molar-refractivity contribution >= 4 is 8.32 Å². The summed E-state index contributed by atoms with van der Waals surface area (Å²) in [5.74, 6) is 0.0671. The highest BCUT2D eigenvalue weighted by molar-refractivity contribution is 6.74. The summed E-state index contributed by atoms with van der Waals surface area (Å²) < 4.78 is 20.0. The zero-order valence-corrected chi connectivity index (χ0v) is 14.1. The van der Waals surface area contributed by atoms with Crippen molar-refractivity contribution in [1.29, 1.82) is 0 Å². The molecule has 0 aromatic heterocycles. The summed E-state index contributed by atoms with van der Waals surface area (Å²) in [5.41, 5.74) is 1.69. The molecule has 1 aliphatic rings. The van der Waals surface area contributed by atoms with Gasteiger partial charge in [0.1, 0.15) is 11.6 Å². The molecule has 1 aliphatic carbocycles. The molecule has 0 amide bonds. The second kappa shape index (κ2) is 5.15. The first-order valence-electron chi connectivity index (χ1n) is 7.24. The van der Waals surface area contributed by atoms with E-state index in [1.807, 2.05) is 0 Å². The summed E-state index contributed by atoms with van der Waals surface area (Å²) in [7, 11) is -1.74. The van der Waals surface area contributed by atoms with Gasteiger partial charge in [-0.25, -0.2) is 4.39 Å². The number of hydrogen-bond donors (Lipinski definition) is 1. The van der Waals surface area contributed by atoms with Crippen molar-refractivity contribution in [3.63, 3.8) is 0 Å². The molecular weight excluding hydrogens is 271 g/mol. The van der Waals surface area contributed by atoms with Crippen LogP contribution in [0.5, 0.6) is 5.75 Å². The lowest BCUT2D eigenvalue weighted by Crippen LogP contribution is -2.42. The zero-order chi connectivity index (χ0) is 15.1. The monoisotopic (exact) mass is 296 g/mol. The molecule has 0 saturated heterocycles. The maximum absolute atomic E-state index is 13.8. The molecule has 2 nitrogen and oxygen atoms in total. The molecule has 4 heteroatoms. The van der Waals surface area contributed by atoms with Crippen molar-refractivity contribution < 1.29 is 13.9 Å². The van der Waals surface area contributed by atoms with E-state index >= 15 is 0 Å². The van der Waals surface area contributed by atoms with Crippen LogP contribution in [0.4, 0.5) is 4.39 Å². The maximum atomic E-state index is 13.8. The van der Waals surface area contributed by atoms with Gasteiger partial charge in [-0.15, -0.1) is 0 Å². The fourth-order valence-corrected chi connectivity index (χ4v) is 3.51. The highest BCUT2D eigenvalue weighted by Crippen LogP contribution is 2.38. The van der Waals surface area contributed by atoms with Gasteiger partial charge in [0.05, 0.1) is 0 Å². The van der Waals surface area contributed by atoms with Crippen molar-refractivity contribution in [1.82, 2.24) is 0 Å². The summed E-state index contributed by atoms with van der Waals surface area (Å²) in [4.78, 5) is 0. The number of rotatable bonds is 3. The van der Waals surface area contributed by atoms with Crippen LogP contribution in [-0.2, 0) is 17.3 Å². The van der Waals surface area contributed by atoms with Gasteiger partial charge in [-0.2, -0.15) is 0 Å². The van der Waals surface area contributed by atoms with Gasteiger partial charge in [0.15, 0.2) is 8.32 Å². The standard InChI is InChI=1S/C16H25FO2Si/c1-16(2,3)20(4,5)19-10-11-6-12-8-13(18)9-15(17)14(12)7-11/h8-9,11,18H,6-7,10H2,1-5H3. The lowest BCUT2D eigenvalue weighted by atomic mass is 10.1. The third-order valence-corrected chi connectivity index (χ3v) is 9.26. The molecule has 1 atom stereocenters. The Balaban J connectivity index is 2.01. The Morgan fingerprint density at radius 3 is 2.55 bits per heavy atom. The van der Waals surface area contributed by atoms with Gasteiger partial charge in [0.25, 0.3) is 0 Å². The summed E-state index contributed by atoms with van der Waals surface area (Å²) >= 11 is 0. The molecule has 1 aromatic carbocycles. The van der Waals surface area contributed by atoms with Crippen molar-refractivity contribution in [3.8, 4) is 5.75 Å². The summed E-state index contributed by atoms with van der Waals surface area (Å²) in [6.07, 6.45) is 1.52. The Morgan fingerprint density at radius 1 is 1.30 bits per heavy atom. The van der Waals surface area contributed by atoms with Crippen LogP contribution in [0.1, 0.15) is 31.9 Å². The van der Waals surface area contributed by atoms with E-state index in [1.165, 1.54) is 6.07 Å². The van der Waals surface area contributed by atoms with E-state index in [9.17, 15) is 9.50 Å². The second-order valence-corrected chi connectivity index (χ2v) is 12.2. The van der Waals surface area contributed by atoms with Crippen LogP contribution in [-0.4, -0.2) is 20.0 Å². The van der Waals surface area contributed by atoms with Crippen LogP contribution in [0.25, 0.3) is 0 Å². The Hall–Kier alpha value is -0.873. The molecule has 0 aliphatic heterocycles. The van der Waals surface area contributed by atoms with Crippen molar-refractivity contribution in [2.24, 2.45) is 5.92 Å². The normalized spacial score (nSPS) is 19.2. The number of phenols is 1. The minimum atomic E-state index is -1.74. The van der Waals surface area contributed by atoms with Crippen LogP contribution < -0.4 is 0 Å². The van der Waals surface area contributed by atoms with Gasteiger partial charge >= 0.3 is 0 Å². The SMILES string of the molecule is CC(C)(C)[Si](C)(C)OCC1Cc2cc(O)cc(F)c2C1. The molecule has 20 heavy (non-hydrogen) atoms. The van der Waals surface area contributed by atoms with Crippen molar-refractivity contribution in [3.05, 3.63) is 29.1 Å². The van der Waals surface area contributed by atoms with E-state index in [0.29, 0.717) is 12.5 Å². The van der Waals surface area contributed by atoms with E-state index < -0.39 is 8.32 Å². The van der Waals surface area contributed by atoms with Crippen LogP contribution >= 0.6 is 0 Å². The topological polar surface area (TPSA) is 29.5 Å². The van der Waals surface area contributed by atoms with E-state index in [4.69, 9.17) is 4.43 Å². The molecule has 112 valence electrons. The Bertz CT molecular complexity index is 506. The van der Waals surface area contributed by atoms with Gasteiger partial charge in [0.2, 0.25) is 0 Å². The zero-order valence-electron chi connectivity index (χ0n) is 13.1. The Morgan fingerprint density at radius 2 is 1.95 bits per heavy atom. The molecule has 1 aromatic rings. The molecule has 0 saturated carbocycles. The number of aromatic hydroxyl groups is 1. The highest BCUT2D eigenvalue weighted by atomic mass is 28.4. The minimum Gasteiger partial charge on any atom is -0.508 e. The second-order valence-electron chi connectivity index (χ2n) is 7.41. The molecule has 0 radical (unpaired) electrons. The van der Waals surface area contributed by atoms with Crippen LogP contribution in [0.2, 0.25) is 18.1 Å². The molecule has 1 N–H and O–H groups in total. The molecule has 0 heterocycles. The van der Waals surface area contributed by atoms with Crippen LogP contribution in [0, 0.1) is 11.7 Å². The largest absolute Gasteiger partial charge is 0.508 e. The molecule has 0 bridgehead atoms. The minimum absolute atomic E-state index is 0.0206. The lowest BCUT2D eigenvalue weighted by molar-refractivity contribution is 0.232. The van der Waals surface area contributed by atoms with Crippen LogP contribution in [0.3, 0.4) is 0 Å². The smallest absolute Gasteiger partial charge is 0.191 e. The highest BCUT2D eigenvalue weighted by Gasteiger charge is 2.38. The number of fused-ring (bicyclic) bond motifs is 1. The van der Waals surface area contributed by atoms with Gasteiger partial charge in [0, 0.05) is 12.7 Å². The summed E-state index contributed by atoms with van der Waals surface area (Å²) in [6.45, 7) is 11.8. The first-order valence-corrected chi connectivity index (χ1v) is 10.2. The third kappa shape index (κ3) is 3.06. The Labute approximate surface area is 122 Å². The number of benzene rings is 1. The fraction of sp³-hybridized carbons (Fsp3) is 0.625. The predicted molar refractivity (Wildman–Crippen MR) is 82.1 cm³/mol. The number of hydrogen-bond acceptors (Lipinski definition) is 2. The van der Waals surface area contributed by atoms with Crippen LogP contribution in [0.15, 0.2) is 12.1 Å². The molecule has 0 spiro atoms. The molecular formula is C16H25FO2Si. The van der Waals surface area contributed by atoms with Gasteiger partial charge in [-0.1, -0.05) is 20.8 Å². The van der Waals surface area contributed by atoms with Gasteiger partial charge < -0.3 is 9.53 Å². The quantitative estimate of drug-likeness (QED) is 0.844. The van der Waals surface area contributed by atoms with E-state index in [-0.39, 0.29) is 16.6 Å². The average Bonchev–Trinajstić information content (AvgIpc) is 2.68. The predicted octanol–water partition coefficient (Wildman–Crippen LogP) is 4.27. The summed E-state index contributed by atoms with van der Waals surface area (Å²) in [6, 6.07) is 2.89. The van der Waals surface area contributed by atoms with Gasteiger partial charge in [-0.3, -0.25) is 0 Å². The van der Waals surface area contributed by atoms with E-state index in [1.54, 1.807) is 6.07 Å². The molecule has 1 unspecified atom stereocenters. The van der Waals surface area contributed by atoms with E-state index in [2.05, 4.69) is 33.9 Å². The third-order valence-electron chi connectivity index (χ3n) is 4.76. The maximum Gasteiger partial charge on any atom is 0.191 e. The lowest BCUT2D eigenvalue weighted by Gasteiger charge is -2.37. The Kier molecular flexibility index (Phi) is 4.00. The number of halogens is 1. The van der Waals surface area contributed by atoms with Crippen molar-refractivity contribution in [2.75, 3.05) is 6.61 Å². The first kappa shape index (κ1) is 15.5. The molecule has 0 fully saturated rings. The van der Waals surface area contributed by atoms with Crippen molar-refractivity contribution in [2.45, 2.75) is 51.7 Å². The molecule has 2 rings (SSSR count). The first-order chi connectivity index (χ1) is 9.10. The fourth-order valence-electron chi connectivity index (χ4n) is 2.42. The number of phenolic OH excluding ortho intramolecular Hbond substituents is 1.